The van der Waals surface area contributed by atoms with Gasteiger partial charge in [0.05, 0.1) is 17.4 Å². The van der Waals surface area contributed by atoms with Crippen LogP contribution < -0.4 is 16.4 Å². The van der Waals surface area contributed by atoms with E-state index in [0.29, 0.717) is 30.9 Å². The van der Waals surface area contributed by atoms with Crippen LogP contribution in [0.1, 0.15) is 13.3 Å². The molecule has 1 heterocycles. The lowest BCUT2D eigenvalue weighted by atomic mass is 10.2. The highest BCUT2D eigenvalue weighted by Crippen LogP contribution is 2.17. The molecule has 1 aliphatic rings. The molecule has 1 aromatic rings. The van der Waals surface area contributed by atoms with E-state index < -0.39 is 0 Å². The van der Waals surface area contributed by atoms with Gasteiger partial charge < -0.3 is 16.4 Å². The Labute approximate surface area is 118 Å². The lowest BCUT2D eigenvalue weighted by Crippen LogP contribution is -2.54. The van der Waals surface area contributed by atoms with Gasteiger partial charge in [-0.25, -0.2) is 0 Å². The molecule has 0 aliphatic carbocycles. The molecule has 0 radical (unpaired) electrons. The maximum absolute atomic E-state index is 11.9. The van der Waals surface area contributed by atoms with Crippen LogP contribution in [-0.4, -0.2) is 42.4 Å². The third-order valence-corrected chi connectivity index (χ3v) is 3.49. The molecule has 1 unspecified atom stereocenters. The summed E-state index contributed by atoms with van der Waals surface area (Å²) in [6, 6.07) is 6.97. The predicted octanol–water partition coefficient (Wildman–Crippen LogP) is 0.418. The molecule has 2 rings (SSSR count). The lowest BCUT2D eigenvalue weighted by molar-refractivity contribution is -0.129. The Kier molecular flexibility index (Phi) is 4.57. The quantitative estimate of drug-likeness (QED) is 0.695. The second-order valence-electron chi connectivity index (χ2n) is 4.89. The Bertz CT molecular complexity index is 504. The number of nitrogens with zero attached hydrogens (tertiary/aromatic N) is 1. The molecule has 4 N–H and O–H groups in total. The number of benzene rings is 1. The summed E-state index contributed by atoms with van der Waals surface area (Å²) in [5.74, 6) is -0.0787. The molecule has 0 saturated carbocycles. The second-order valence-corrected chi connectivity index (χ2v) is 4.89. The van der Waals surface area contributed by atoms with Crippen LogP contribution in [0, 0.1) is 0 Å². The number of carbonyl (C=O) groups is 2. The number of carbonyl (C=O) groups excluding carboxylic acids is 2. The van der Waals surface area contributed by atoms with Crippen LogP contribution >= 0.6 is 0 Å². The standard InChI is InChI=1S/C14H20N4O2/c1-10-14(20)16-7-9-18(10)8-6-13(19)17-12-5-3-2-4-11(12)15/h2-5,10H,6-9,15H2,1H3,(H,16,20)(H,17,19). The van der Waals surface area contributed by atoms with Crippen LogP contribution in [0.15, 0.2) is 24.3 Å². The van der Waals surface area contributed by atoms with Gasteiger partial charge in [0, 0.05) is 26.1 Å². The first-order valence-electron chi connectivity index (χ1n) is 6.74. The van der Waals surface area contributed by atoms with E-state index in [1.165, 1.54) is 0 Å². The molecule has 2 amide bonds. The molecule has 6 heteroatoms. The zero-order valence-corrected chi connectivity index (χ0v) is 11.6. The van der Waals surface area contributed by atoms with Crippen molar-refractivity contribution in [2.45, 2.75) is 19.4 Å². The SMILES string of the molecule is CC1C(=O)NCCN1CCC(=O)Nc1ccccc1N. The first-order chi connectivity index (χ1) is 9.58. The first-order valence-corrected chi connectivity index (χ1v) is 6.74. The van der Waals surface area contributed by atoms with E-state index in [2.05, 4.69) is 10.6 Å². The number of nitrogens with one attached hydrogen (secondary N) is 2. The summed E-state index contributed by atoms with van der Waals surface area (Å²) >= 11 is 0. The molecular weight excluding hydrogens is 256 g/mol. The largest absolute Gasteiger partial charge is 0.397 e. The van der Waals surface area contributed by atoms with Gasteiger partial charge in [0.1, 0.15) is 0 Å². The van der Waals surface area contributed by atoms with Gasteiger partial charge in [0.25, 0.3) is 0 Å². The van der Waals surface area contributed by atoms with Gasteiger partial charge in [-0.15, -0.1) is 0 Å². The predicted molar refractivity (Wildman–Crippen MR) is 78.1 cm³/mol. The summed E-state index contributed by atoms with van der Waals surface area (Å²) in [7, 11) is 0. The van der Waals surface area contributed by atoms with Crippen molar-refractivity contribution < 1.29 is 9.59 Å². The Morgan fingerprint density at radius 3 is 3.00 bits per heavy atom. The summed E-state index contributed by atoms with van der Waals surface area (Å²) < 4.78 is 0. The van der Waals surface area contributed by atoms with Gasteiger partial charge in [-0.1, -0.05) is 12.1 Å². The number of rotatable bonds is 4. The van der Waals surface area contributed by atoms with E-state index in [9.17, 15) is 9.59 Å². The van der Waals surface area contributed by atoms with Crippen LogP contribution in [-0.2, 0) is 9.59 Å². The molecule has 0 spiro atoms. The van der Waals surface area contributed by atoms with Crippen molar-refractivity contribution in [3.8, 4) is 0 Å². The Morgan fingerprint density at radius 2 is 2.25 bits per heavy atom. The Hall–Kier alpha value is -2.08. The minimum atomic E-state index is -0.182. The van der Waals surface area contributed by atoms with Crippen LogP contribution in [0.3, 0.4) is 0 Å². The van der Waals surface area contributed by atoms with E-state index in [-0.39, 0.29) is 17.9 Å². The lowest BCUT2D eigenvalue weighted by Gasteiger charge is -2.32. The minimum absolute atomic E-state index is 0.0176. The number of anilines is 2. The average Bonchev–Trinajstić information content (AvgIpc) is 2.43. The third kappa shape index (κ3) is 3.48. The molecule has 20 heavy (non-hydrogen) atoms. The number of hydrogen-bond donors (Lipinski definition) is 3. The number of para-hydroxylation sites is 2. The normalized spacial score (nSPS) is 19.4. The third-order valence-electron chi connectivity index (χ3n) is 3.49. The number of nitrogens with two attached hydrogens (primary N) is 1. The number of amides is 2. The van der Waals surface area contributed by atoms with Crippen molar-refractivity contribution in [1.82, 2.24) is 10.2 Å². The Balaban J connectivity index is 1.83. The zero-order chi connectivity index (χ0) is 14.5. The molecule has 1 aromatic carbocycles. The maximum Gasteiger partial charge on any atom is 0.237 e. The highest BCUT2D eigenvalue weighted by Gasteiger charge is 2.25. The van der Waals surface area contributed by atoms with Gasteiger partial charge in [-0.3, -0.25) is 14.5 Å². The monoisotopic (exact) mass is 276 g/mol. The van der Waals surface area contributed by atoms with Gasteiger partial charge >= 0.3 is 0 Å². The van der Waals surface area contributed by atoms with Crippen molar-refractivity contribution >= 4 is 23.2 Å². The van der Waals surface area contributed by atoms with Crippen molar-refractivity contribution in [3.63, 3.8) is 0 Å². The van der Waals surface area contributed by atoms with Crippen LogP contribution in [0.25, 0.3) is 0 Å². The van der Waals surface area contributed by atoms with Crippen molar-refractivity contribution in [1.29, 1.82) is 0 Å². The fraction of sp³-hybridized carbons (Fsp3) is 0.429. The van der Waals surface area contributed by atoms with Crippen LogP contribution in [0.2, 0.25) is 0 Å². The highest BCUT2D eigenvalue weighted by atomic mass is 16.2. The van der Waals surface area contributed by atoms with Gasteiger partial charge in [0.15, 0.2) is 0 Å². The molecule has 0 bridgehead atoms. The Morgan fingerprint density at radius 1 is 1.50 bits per heavy atom. The summed E-state index contributed by atoms with van der Waals surface area (Å²) in [6.07, 6.45) is 0.339. The second kappa shape index (κ2) is 6.38. The van der Waals surface area contributed by atoms with Gasteiger partial charge in [0.2, 0.25) is 11.8 Å². The molecule has 6 nitrogen and oxygen atoms in total. The van der Waals surface area contributed by atoms with Crippen molar-refractivity contribution in [2.24, 2.45) is 0 Å². The summed E-state index contributed by atoms with van der Waals surface area (Å²) in [5.41, 5.74) is 6.94. The maximum atomic E-state index is 11.9. The smallest absolute Gasteiger partial charge is 0.237 e. The van der Waals surface area contributed by atoms with Gasteiger partial charge in [-0.2, -0.15) is 0 Å². The molecule has 0 aromatic heterocycles. The zero-order valence-electron chi connectivity index (χ0n) is 11.6. The van der Waals surface area contributed by atoms with E-state index in [4.69, 9.17) is 5.73 Å². The minimum Gasteiger partial charge on any atom is -0.397 e. The van der Waals surface area contributed by atoms with E-state index >= 15 is 0 Å². The van der Waals surface area contributed by atoms with Crippen molar-refractivity contribution in [3.05, 3.63) is 24.3 Å². The number of hydrogen-bond acceptors (Lipinski definition) is 4. The van der Waals surface area contributed by atoms with E-state index in [1.807, 2.05) is 24.0 Å². The molecule has 108 valence electrons. The molecule has 1 saturated heterocycles. The van der Waals surface area contributed by atoms with Crippen LogP contribution in [0.5, 0.6) is 0 Å². The average molecular weight is 276 g/mol. The summed E-state index contributed by atoms with van der Waals surface area (Å²) in [5, 5.41) is 5.58. The van der Waals surface area contributed by atoms with E-state index in [1.54, 1.807) is 12.1 Å². The molecule has 1 fully saturated rings. The number of piperazine rings is 1. The first kappa shape index (κ1) is 14.3. The molecular formula is C14H20N4O2. The topological polar surface area (TPSA) is 87.5 Å². The summed E-state index contributed by atoms with van der Waals surface area (Å²) in [6.45, 7) is 3.82. The molecule has 1 atom stereocenters. The fourth-order valence-electron chi connectivity index (χ4n) is 2.20. The summed E-state index contributed by atoms with van der Waals surface area (Å²) in [4.78, 5) is 25.4. The van der Waals surface area contributed by atoms with Crippen molar-refractivity contribution in [2.75, 3.05) is 30.7 Å². The number of nitrogen functional groups attached to an aromatic ring is 1. The molecule has 1 aliphatic heterocycles. The van der Waals surface area contributed by atoms with E-state index in [0.717, 1.165) is 6.54 Å². The fourth-order valence-corrected chi connectivity index (χ4v) is 2.20. The van der Waals surface area contributed by atoms with Gasteiger partial charge in [-0.05, 0) is 19.1 Å². The highest BCUT2D eigenvalue weighted by molar-refractivity contribution is 5.93. The van der Waals surface area contributed by atoms with Crippen LogP contribution in [0.4, 0.5) is 11.4 Å².